The van der Waals surface area contributed by atoms with Gasteiger partial charge in [-0.2, -0.15) is 0 Å². The second-order valence-corrected chi connectivity index (χ2v) is 6.80. The van der Waals surface area contributed by atoms with Gasteiger partial charge in [-0.25, -0.2) is 0 Å². The summed E-state index contributed by atoms with van der Waals surface area (Å²) in [5.74, 6) is 0.369. The Hall–Kier alpha value is -1.58. The number of carbonyl (C=O) groups excluding carboxylic acids is 1. The van der Waals surface area contributed by atoms with Crippen LogP contribution in [0.4, 0.5) is 0 Å². The van der Waals surface area contributed by atoms with Gasteiger partial charge in [0.25, 0.3) is 0 Å². The number of allylic oxidation sites excluding steroid dienone is 3. The number of nitrogens with zero attached hydrogens (tertiary/aromatic N) is 3. The van der Waals surface area contributed by atoms with Crippen LogP contribution < -0.4 is 0 Å². The Kier molecular flexibility index (Phi) is 5.52. The van der Waals surface area contributed by atoms with E-state index < -0.39 is 0 Å². The van der Waals surface area contributed by atoms with Crippen LogP contribution in [0.25, 0.3) is 0 Å². The van der Waals surface area contributed by atoms with Gasteiger partial charge in [-0.1, -0.05) is 13.0 Å². The monoisotopic (exact) mass is 315 g/mol. The largest absolute Gasteiger partial charge is 0.373 e. The summed E-state index contributed by atoms with van der Waals surface area (Å²) in [5, 5.41) is 0. The molecule has 0 saturated carbocycles. The van der Waals surface area contributed by atoms with E-state index in [1.807, 2.05) is 0 Å². The van der Waals surface area contributed by atoms with E-state index in [0.717, 1.165) is 64.6 Å². The topological polar surface area (TPSA) is 35.9 Å². The summed E-state index contributed by atoms with van der Waals surface area (Å²) < 4.78 is 0. The van der Waals surface area contributed by atoms with E-state index in [9.17, 15) is 4.79 Å². The van der Waals surface area contributed by atoms with E-state index >= 15 is 0 Å². The van der Waals surface area contributed by atoms with E-state index in [1.54, 1.807) is 0 Å². The Balaban J connectivity index is 1.61. The van der Waals surface area contributed by atoms with Crippen molar-refractivity contribution in [2.24, 2.45) is 4.99 Å². The maximum absolute atomic E-state index is 11.9. The fourth-order valence-electron chi connectivity index (χ4n) is 3.85. The first-order valence-corrected chi connectivity index (χ1v) is 9.24. The molecule has 4 nitrogen and oxygen atoms in total. The molecule has 1 amide bonds. The second-order valence-electron chi connectivity index (χ2n) is 6.80. The molecule has 0 atom stereocenters. The van der Waals surface area contributed by atoms with Crippen molar-refractivity contribution in [3.8, 4) is 0 Å². The van der Waals surface area contributed by atoms with Crippen molar-refractivity contribution in [1.82, 2.24) is 9.80 Å². The number of amides is 1. The summed E-state index contributed by atoms with van der Waals surface area (Å²) in [6.07, 6.45) is 15.0. The van der Waals surface area contributed by atoms with Gasteiger partial charge in [0.05, 0.1) is 0 Å². The highest BCUT2D eigenvalue weighted by molar-refractivity contribution is 5.95. The minimum absolute atomic E-state index is 0.369. The van der Waals surface area contributed by atoms with Gasteiger partial charge < -0.3 is 9.80 Å². The number of aliphatic imine (C=N–C) groups is 1. The van der Waals surface area contributed by atoms with Crippen LogP contribution in [0.1, 0.15) is 58.3 Å². The normalized spacial score (nSPS) is 30.0. The smallest absolute Gasteiger partial charge is 0.222 e. The fraction of sp³-hybridized carbons (Fsp3) is 0.684. The zero-order valence-corrected chi connectivity index (χ0v) is 14.3. The molecule has 23 heavy (non-hydrogen) atoms. The molecule has 126 valence electrons. The molecular weight excluding hydrogens is 286 g/mol. The summed E-state index contributed by atoms with van der Waals surface area (Å²) in [6.45, 7) is 5.25. The van der Waals surface area contributed by atoms with Crippen LogP contribution in [0.2, 0.25) is 0 Å². The van der Waals surface area contributed by atoms with E-state index in [-0.39, 0.29) is 0 Å². The van der Waals surface area contributed by atoms with Gasteiger partial charge in [0.1, 0.15) is 0 Å². The summed E-state index contributed by atoms with van der Waals surface area (Å²) in [4.78, 5) is 21.2. The molecule has 3 heterocycles. The van der Waals surface area contributed by atoms with Gasteiger partial charge in [-0.05, 0) is 51.0 Å². The maximum atomic E-state index is 11.9. The number of hydrogen-bond donors (Lipinski definition) is 0. The van der Waals surface area contributed by atoms with Gasteiger partial charge in [-0.15, -0.1) is 0 Å². The summed E-state index contributed by atoms with van der Waals surface area (Å²) in [5.41, 5.74) is 2.55. The summed E-state index contributed by atoms with van der Waals surface area (Å²) >= 11 is 0. The van der Waals surface area contributed by atoms with Crippen molar-refractivity contribution in [1.29, 1.82) is 0 Å². The predicted molar refractivity (Wildman–Crippen MR) is 94.3 cm³/mol. The molecule has 0 aromatic rings. The van der Waals surface area contributed by atoms with E-state index in [2.05, 4.69) is 40.1 Å². The van der Waals surface area contributed by atoms with E-state index in [4.69, 9.17) is 0 Å². The molecule has 0 radical (unpaired) electrons. The number of piperidine rings is 1. The van der Waals surface area contributed by atoms with Gasteiger partial charge >= 0.3 is 0 Å². The Bertz CT molecular complexity index is 513. The number of rotatable bonds is 3. The lowest BCUT2D eigenvalue weighted by Gasteiger charge is -2.38. The zero-order valence-electron chi connectivity index (χ0n) is 14.3. The summed E-state index contributed by atoms with van der Waals surface area (Å²) in [7, 11) is 0. The third kappa shape index (κ3) is 4.04. The highest BCUT2D eigenvalue weighted by Gasteiger charge is 2.31. The van der Waals surface area contributed by atoms with Crippen molar-refractivity contribution in [2.45, 2.75) is 64.3 Å². The van der Waals surface area contributed by atoms with Crippen LogP contribution in [-0.2, 0) is 4.79 Å². The Morgan fingerprint density at radius 2 is 2.00 bits per heavy atom. The van der Waals surface area contributed by atoms with Crippen LogP contribution >= 0.6 is 0 Å². The van der Waals surface area contributed by atoms with Crippen molar-refractivity contribution < 1.29 is 4.79 Å². The van der Waals surface area contributed by atoms with Gasteiger partial charge in [0, 0.05) is 49.7 Å². The van der Waals surface area contributed by atoms with Crippen LogP contribution in [0.15, 0.2) is 29.0 Å². The molecule has 2 fully saturated rings. The molecular formula is C19H29N3O. The molecule has 0 spiro atoms. The number of hydrogen-bond acceptors (Lipinski definition) is 3. The Labute approximate surface area is 139 Å². The third-order valence-electron chi connectivity index (χ3n) is 5.28. The lowest BCUT2D eigenvalue weighted by atomic mass is 10.0. The molecule has 0 aliphatic carbocycles. The Morgan fingerprint density at radius 3 is 2.70 bits per heavy atom. The predicted octanol–water partition coefficient (Wildman–Crippen LogP) is 3.51. The minimum atomic E-state index is 0.369. The van der Waals surface area contributed by atoms with Crippen LogP contribution in [0.5, 0.6) is 0 Å². The standard InChI is InChI=1S/C19H29N3O/c1-2-16-7-4-3-5-8-18(15-20-16)21-13-10-17(11-14-21)22-12-6-9-19(22)23/h4,7,15,17H,2-3,5-6,8-14H2,1H3/b7-4-,18-15+,20-16-. The molecule has 4 heteroatoms. The third-order valence-corrected chi connectivity index (χ3v) is 5.28. The highest BCUT2D eigenvalue weighted by Crippen LogP contribution is 2.25. The fourth-order valence-corrected chi connectivity index (χ4v) is 3.85. The zero-order chi connectivity index (χ0) is 16.1. The number of carbonyl (C=O) groups is 1. The molecule has 3 rings (SSSR count). The lowest BCUT2D eigenvalue weighted by Crippen LogP contribution is -2.45. The SMILES string of the molecule is CCC1=N/C=C(/N2CCC(N3CCCC3=O)CC2)CCC/C=C\1. The van der Waals surface area contributed by atoms with Crippen LogP contribution in [0.3, 0.4) is 0 Å². The lowest BCUT2D eigenvalue weighted by molar-refractivity contribution is -0.130. The highest BCUT2D eigenvalue weighted by atomic mass is 16.2. The molecule has 0 aromatic carbocycles. The van der Waals surface area contributed by atoms with Crippen LogP contribution in [0, 0.1) is 0 Å². The average molecular weight is 315 g/mol. The first kappa shape index (κ1) is 16.3. The van der Waals surface area contributed by atoms with Crippen molar-refractivity contribution in [2.75, 3.05) is 19.6 Å². The molecule has 0 unspecified atom stereocenters. The van der Waals surface area contributed by atoms with Crippen molar-refractivity contribution in [3.63, 3.8) is 0 Å². The van der Waals surface area contributed by atoms with E-state index in [1.165, 1.54) is 17.8 Å². The molecule has 0 aromatic heterocycles. The van der Waals surface area contributed by atoms with Gasteiger partial charge in [0.2, 0.25) is 5.91 Å². The quantitative estimate of drug-likeness (QED) is 0.799. The van der Waals surface area contributed by atoms with Crippen molar-refractivity contribution >= 4 is 11.6 Å². The Morgan fingerprint density at radius 1 is 1.17 bits per heavy atom. The molecule has 3 aliphatic heterocycles. The number of likely N-dealkylation sites (tertiary alicyclic amines) is 2. The average Bonchev–Trinajstić information content (AvgIpc) is 3.05. The minimum Gasteiger partial charge on any atom is -0.373 e. The van der Waals surface area contributed by atoms with Crippen LogP contribution in [-0.4, -0.2) is 47.1 Å². The molecule has 0 bridgehead atoms. The molecule has 3 aliphatic rings. The van der Waals surface area contributed by atoms with Gasteiger partial charge in [-0.3, -0.25) is 9.79 Å². The van der Waals surface area contributed by atoms with E-state index in [0.29, 0.717) is 11.9 Å². The molecule has 0 N–H and O–H groups in total. The summed E-state index contributed by atoms with van der Waals surface area (Å²) in [6, 6.07) is 0.467. The second kappa shape index (κ2) is 7.80. The first-order valence-electron chi connectivity index (χ1n) is 9.24. The maximum Gasteiger partial charge on any atom is 0.222 e. The molecule has 2 saturated heterocycles. The van der Waals surface area contributed by atoms with Crippen molar-refractivity contribution in [3.05, 3.63) is 24.0 Å². The first-order chi connectivity index (χ1) is 11.3. The van der Waals surface area contributed by atoms with Gasteiger partial charge in [0.15, 0.2) is 0 Å².